The molecule has 0 fully saturated rings. The largest absolute Gasteiger partial charge is 0.465 e. The number of esters is 2. The molecule has 1 rings (SSSR count). The molecule has 1 unspecified atom stereocenters. The first-order chi connectivity index (χ1) is 9.38. The molecule has 20 heavy (non-hydrogen) atoms. The fourth-order valence-corrected chi connectivity index (χ4v) is 1.48. The van der Waals surface area contributed by atoms with E-state index in [1.807, 2.05) is 0 Å². The first-order valence-electron chi connectivity index (χ1n) is 5.83. The Labute approximate surface area is 116 Å². The lowest BCUT2D eigenvalue weighted by atomic mass is 10.1. The number of hydrogen-bond acceptors (Lipinski definition) is 6. The molecule has 0 radical (unpaired) electrons. The predicted octanol–water partition coefficient (Wildman–Crippen LogP) is 0.502. The first-order valence-corrected chi connectivity index (χ1v) is 5.83. The minimum Gasteiger partial charge on any atom is -0.465 e. The molecule has 0 aliphatic carbocycles. The molecule has 0 saturated heterocycles. The van der Waals surface area contributed by atoms with Crippen LogP contribution >= 0.6 is 0 Å². The van der Waals surface area contributed by atoms with Crippen molar-refractivity contribution in [2.24, 2.45) is 0 Å². The zero-order valence-corrected chi connectivity index (χ0v) is 11.7. The summed E-state index contributed by atoms with van der Waals surface area (Å²) >= 11 is 0. The summed E-state index contributed by atoms with van der Waals surface area (Å²) in [6.45, 7) is 1.45. The van der Waals surface area contributed by atoms with Gasteiger partial charge in [0, 0.05) is 26.5 Å². The van der Waals surface area contributed by atoms with Gasteiger partial charge in [0.2, 0.25) is 0 Å². The average Bonchev–Trinajstić information content (AvgIpc) is 2.45. The number of carbonyl (C=O) groups is 3. The van der Waals surface area contributed by atoms with Crippen molar-refractivity contribution >= 4 is 17.8 Å². The third-order valence-corrected chi connectivity index (χ3v) is 2.52. The van der Waals surface area contributed by atoms with Gasteiger partial charge < -0.3 is 14.4 Å². The molecule has 0 aliphatic rings. The number of methoxy groups -OCH3 is 1. The Morgan fingerprint density at radius 1 is 1.20 bits per heavy atom. The van der Waals surface area contributed by atoms with Crippen LogP contribution < -0.4 is 0 Å². The molecule has 1 atom stereocenters. The molecule has 1 aromatic rings. The van der Waals surface area contributed by atoms with Crippen LogP contribution in [0, 0.1) is 0 Å². The van der Waals surface area contributed by atoms with E-state index in [0.717, 1.165) is 0 Å². The SMILES string of the molecule is COC(=O)c1ccncc1C(=O)OC(C)C(=O)N(C)C. The lowest BCUT2D eigenvalue weighted by Gasteiger charge is -2.17. The van der Waals surface area contributed by atoms with Gasteiger partial charge in [0.05, 0.1) is 18.2 Å². The third-order valence-electron chi connectivity index (χ3n) is 2.52. The molecule has 0 saturated carbocycles. The molecule has 0 bridgehead atoms. The molecule has 1 amide bonds. The summed E-state index contributed by atoms with van der Waals surface area (Å²) in [5.74, 6) is -1.84. The number of carbonyl (C=O) groups excluding carboxylic acids is 3. The molecule has 108 valence electrons. The highest BCUT2D eigenvalue weighted by atomic mass is 16.5. The van der Waals surface area contributed by atoms with E-state index < -0.39 is 18.0 Å². The molecule has 7 nitrogen and oxygen atoms in total. The third kappa shape index (κ3) is 3.53. The van der Waals surface area contributed by atoms with Gasteiger partial charge in [-0.2, -0.15) is 0 Å². The van der Waals surface area contributed by atoms with Gasteiger partial charge in [-0.25, -0.2) is 9.59 Å². The van der Waals surface area contributed by atoms with E-state index in [0.29, 0.717) is 0 Å². The Kier molecular flexibility index (Phi) is 5.19. The van der Waals surface area contributed by atoms with Crippen LogP contribution in [0.2, 0.25) is 0 Å². The number of aromatic nitrogens is 1. The van der Waals surface area contributed by atoms with Gasteiger partial charge in [-0.1, -0.05) is 0 Å². The Bertz CT molecular complexity index is 527. The maximum Gasteiger partial charge on any atom is 0.341 e. The zero-order chi connectivity index (χ0) is 15.3. The van der Waals surface area contributed by atoms with Crippen molar-refractivity contribution in [1.29, 1.82) is 0 Å². The highest BCUT2D eigenvalue weighted by Crippen LogP contribution is 2.11. The lowest BCUT2D eigenvalue weighted by Crippen LogP contribution is -2.35. The number of ether oxygens (including phenoxy) is 2. The number of nitrogens with zero attached hydrogens (tertiary/aromatic N) is 2. The van der Waals surface area contributed by atoms with E-state index in [9.17, 15) is 14.4 Å². The monoisotopic (exact) mass is 280 g/mol. The maximum atomic E-state index is 12.0. The summed E-state index contributed by atoms with van der Waals surface area (Å²) in [5, 5.41) is 0. The minimum absolute atomic E-state index is 0.0389. The van der Waals surface area contributed by atoms with Gasteiger partial charge in [-0.15, -0.1) is 0 Å². The lowest BCUT2D eigenvalue weighted by molar-refractivity contribution is -0.137. The molecule has 0 spiro atoms. The second kappa shape index (κ2) is 6.65. The molecule has 0 aromatic carbocycles. The molecular formula is C13H16N2O5. The van der Waals surface area contributed by atoms with Gasteiger partial charge in [0.15, 0.2) is 6.10 Å². The van der Waals surface area contributed by atoms with E-state index in [-0.39, 0.29) is 17.0 Å². The van der Waals surface area contributed by atoms with Crippen LogP contribution in [0.4, 0.5) is 0 Å². The second-order valence-electron chi connectivity index (χ2n) is 4.19. The summed E-state index contributed by atoms with van der Waals surface area (Å²) in [6, 6.07) is 1.35. The predicted molar refractivity (Wildman–Crippen MR) is 69.1 cm³/mol. The number of pyridine rings is 1. The molecular weight excluding hydrogens is 264 g/mol. The smallest absolute Gasteiger partial charge is 0.341 e. The van der Waals surface area contributed by atoms with Crippen LogP contribution in [0.5, 0.6) is 0 Å². The molecule has 7 heteroatoms. The van der Waals surface area contributed by atoms with Gasteiger partial charge in [0.1, 0.15) is 0 Å². The van der Waals surface area contributed by atoms with Crippen LogP contribution in [0.25, 0.3) is 0 Å². The average molecular weight is 280 g/mol. The normalized spacial score (nSPS) is 11.4. The second-order valence-corrected chi connectivity index (χ2v) is 4.19. The van der Waals surface area contributed by atoms with E-state index in [2.05, 4.69) is 9.72 Å². The quantitative estimate of drug-likeness (QED) is 0.747. The summed E-state index contributed by atoms with van der Waals surface area (Å²) in [7, 11) is 4.31. The van der Waals surface area contributed by atoms with Crippen molar-refractivity contribution in [2.45, 2.75) is 13.0 Å². The number of likely N-dealkylation sites (N-methyl/N-ethyl adjacent to an activating group) is 1. The van der Waals surface area contributed by atoms with Crippen molar-refractivity contribution in [2.75, 3.05) is 21.2 Å². The van der Waals surface area contributed by atoms with Gasteiger partial charge in [-0.05, 0) is 13.0 Å². The van der Waals surface area contributed by atoms with Crippen molar-refractivity contribution in [3.63, 3.8) is 0 Å². The van der Waals surface area contributed by atoms with Crippen molar-refractivity contribution in [3.05, 3.63) is 29.6 Å². The van der Waals surface area contributed by atoms with Crippen LogP contribution in [0.1, 0.15) is 27.6 Å². The van der Waals surface area contributed by atoms with Gasteiger partial charge in [-0.3, -0.25) is 9.78 Å². The first kappa shape index (κ1) is 15.6. The van der Waals surface area contributed by atoms with Crippen LogP contribution in [0.3, 0.4) is 0 Å². The fourth-order valence-electron chi connectivity index (χ4n) is 1.48. The topological polar surface area (TPSA) is 85.8 Å². The van der Waals surface area contributed by atoms with Crippen LogP contribution in [0.15, 0.2) is 18.5 Å². The van der Waals surface area contributed by atoms with E-state index in [1.165, 1.54) is 37.4 Å². The van der Waals surface area contributed by atoms with Crippen LogP contribution in [-0.2, 0) is 14.3 Å². The molecule has 1 aromatic heterocycles. The summed E-state index contributed by atoms with van der Waals surface area (Å²) in [4.78, 5) is 40.2. The highest BCUT2D eigenvalue weighted by molar-refractivity contribution is 6.03. The van der Waals surface area contributed by atoms with Gasteiger partial charge in [0.25, 0.3) is 5.91 Å². The Balaban J connectivity index is 2.93. The zero-order valence-electron chi connectivity index (χ0n) is 11.7. The number of hydrogen-bond donors (Lipinski definition) is 0. The summed E-state index contributed by atoms with van der Waals surface area (Å²) < 4.78 is 9.58. The Hall–Kier alpha value is -2.44. The van der Waals surface area contributed by atoms with E-state index in [1.54, 1.807) is 14.1 Å². The Morgan fingerprint density at radius 3 is 2.40 bits per heavy atom. The fraction of sp³-hybridized carbons (Fsp3) is 0.385. The number of amides is 1. The molecule has 0 aliphatic heterocycles. The summed E-state index contributed by atoms with van der Waals surface area (Å²) in [5.41, 5.74) is -0.00485. The van der Waals surface area contributed by atoms with Crippen molar-refractivity contribution in [1.82, 2.24) is 9.88 Å². The van der Waals surface area contributed by atoms with E-state index in [4.69, 9.17) is 4.74 Å². The van der Waals surface area contributed by atoms with Crippen molar-refractivity contribution < 1.29 is 23.9 Å². The summed E-state index contributed by atoms with van der Waals surface area (Å²) in [6.07, 6.45) is 1.60. The Morgan fingerprint density at radius 2 is 1.85 bits per heavy atom. The van der Waals surface area contributed by atoms with Gasteiger partial charge >= 0.3 is 11.9 Å². The minimum atomic E-state index is -0.955. The van der Waals surface area contributed by atoms with E-state index >= 15 is 0 Å². The molecule has 0 N–H and O–H groups in total. The maximum absolute atomic E-state index is 12.0. The number of rotatable bonds is 4. The standard InChI is InChI=1S/C13H16N2O5/c1-8(11(16)15(2)3)20-13(18)10-7-14-6-5-9(10)12(17)19-4/h5-8H,1-4H3. The van der Waals surface area contributed by atoms with Crippen LogP contribution in [-0.4, -0.2) is 55.0 Å². The highest BCUT2D eigenvalue weighted by Gasteiger charge is 2.24. The van der Waals surface area contributed by atoms with Crippen molar-refractivity contribution in [3.8, 4) is 0 Å². The molecule has 1 heterocycles.